The second-order valence-electron chi connectivity index (χ2n) is 2.98. The summed E-state index contributed by atoms with van der Waals surface area (Å²) < 4.78 is 0. The van der Waals surface area contributed by atoms with Gasteiger partial charge in [-0.3, -0.25) is 0 Å². The zero-order valence-corrected chi connectivity index (χ0v) is 9.87. The minimum absolute atomic E-state index is 0.135. The van der Waals surface area contributed by atoms with Gasteiger partial charge < -0.3 is 5.73 Å². The molecule has 0 unspecified atom stereocenters. The molecule has 2 N–H and O–H groups in total. The van der Waals surface area contributed by atoms with E-state index in [1.807, 2.05) is 30.3 Å². The van der Waals surface area contributed by atoms with Crippen LogP contribution in [0, 0.1) is 0 Å². The van der Waals surface area contributed by atoms with Crippen LogP contribution in [-0.4, -0.2) is 15.0 Å². The van der Waals surface area contributed by atoms with Crippen molar-refractivity contribution in [2.75, 3.05) is 5.73 Å². The molecule has 0 saturated carbocycles. The van der Waals surface area contributed by atoms with Crippen LogP contribution in [0.2, 0.25) is 5.28 Å². The minimum Gasteiger partial charge on any atom is -0.368 e. The van der Waals surface area contributed by atoms with Crippen molar-refractivity contribution in [3.8, 4) is 0 Å². The topological polar surface area (TPSA) is 64.7 Å². The molecule has 0 bridgehead atoms. The molecule has 4 nitrogen and oxygen atoms in total. The minimum atomic E-state index is 0.135. The number of rotatable bonds is 3. The van der Waals surface area contributed by atoms with E-state index in [-0.39, 0.29) is 11.2 Å². The molecule has 0 aliphatic rings. The quantitative estimate of drug-likeness (QED) is 0.850. The van der Waals surface area contributed by atoms with E-state index in [2.05, 4.69) is 15.0 Å². The summed E-state index contributed by atoms with van der Waals surface area (Å²) in [5.41, 5.74) is 5.47. The molecular weight excluding hydrogens is 244 g/mol. The number of halogens is 1. The van der Waals surface area contributed by atoms with Gasteiger partial charge in [0.15, 0.2) is 0 Å². The Morgan fingerprint density at radius 3 is 2.56 bits per heavy atom. The van der Waals surface area contributed by atoms with E-state index in [9.17, 15) is 0 Å². The van der Waals surface area contributed by atoms with Crippen molar-refractivity contribution in [1.29, 1.82) is 0 Å². The largest absolute Gasteiger partial charge is 0.368 e. The fourth-order valence-electron chi connectivity index (χ4n) is 1.14. The third-order valence-corrected chi connectivity index (χ3v) is 2.96. The molecule has 0 aliphatic heterocycles. The molecule has 0 fully saturated rings. The first-order chi connectivity index (χ1) is 7.74. The van der Waals surface area contributed by atoms with Gasteiger partial charge in [0, 0.05) is 4.90 Å². The summed E-state index contributed by atoms with van der Waals surface area (Å²) in [6, 6.07) is 9.99. The lowest BCUT2D eigenvalue weighted by molar-refractivity contribution is 0.975. The number of nitrogens with zero attached hydrogens (tertiary/aromatic N) is 3. The maximum atomic E-state index is 5.68. The third kappa shape index (κ3) is 3.08. The molecule has 0 amide bonds. The Labute approximate surface area is 102 Å². The molecule has 2 rings (SSSR count). The van der Waals surface area contributed by atoms with Crippen LogP contribution in [0.1, 0.15) is 5.82 Å². The number of nitrogens with two attached hydrogens (primary N) is 1. The predicted octanol–water partition coefficient (Wildman–Crippen LogP) is 2.40. The smallest absolute Gasteiger partial charge is 0.227 e. The zero-order chi connectivity index (χ0) is 11.4. The molecule has 82 valence electrons. The van der Waals surface area contributed by atoms with Crippen LogP contribution in [0.15, 0.2) is 35.2 Å². The van der Waals surface area contributed by atoms with E-state index in [0.717, 1.165) is 4.90 Å². The summed E-state index contributed by atoms with van der Waals surface area (Å²) in [6.07, 6.45) is 0. The number of nitrogen functional groups attached to an aromatic ring is 1. The SMILES string of the molecule is Nc1nc(Cl)nc(CSc2ccccc2)n1. The Morgan fingerprint density at radius 2 is 1.88 bits per heavy atom. The zero-order valence-electron chi connectivity index (χ0n) is 8.30. The molecule has 0 atom stereocenters. The highest BCUT2D eigenvalue weighted by molar-refractivity contribution is 7.98. The van der Waals surface area contributed by atoms with E-state index in [1.54, 1.807) is 11.8 Å². The Balaban J connectivity index is 2.05. The Hall–Kier alpha value is -1.33. The molecule has 0 radical (unpaired) electrons. The molecule has 1 aromatic heterocycles. The number of anilines is 1. The average Bonchev–Trinajstić information content (AvgIpc) is 2.27. The van der Waals surface area contributed by atoms with Gasteiger partial charge in [-0.2, -0.15) is 9.97 Å². The number of hydrogen-bond donors (Lipinski definition) is 1. The highest BCUT2D eigenvalue weighted by Crippen LogP contribution is 2.21. The summed E-state index contributed by atoms with van der Waals surface area (Å²) in [6.45, 7) is 0. The van der Waals surface area contributed by atoms with Gasteiger partial charge in [-0.25, -0.2) is 4.98 Å². The molecule has 6 heteroatoms. The summed E-state index contributed by atoms with van der Waals surface area (Å²) >= 11 is 7.30. The molecule has 0 saturated heterocycles. The maximum Gasteiger partial charge on any atom is 0.227 e. The first-order valence-corrected chi connectivity index (χ1v) is 5.94. The lowest BCUT2D eigenvalue weighted by atomic mass is 10.4. The molecule has 0 spiro atoms. The first kappa shape index (κ1) is 11.2. The van der Waals surface area contributed by atoms with Crippen LogP contribution in [0.3, 0.4) is 0 Å². The van der Waals surface area contributed by atoms with Gasteiger partial charge in [0.2, 0.25) is 11.2 Å². The van der Waals surface area contributed by atoms with E-state index in [1.165, 1.54) is 0 Å². The number of hydrogen-bond acceptors (Lipinski definition) is 5. The van der Waals surface area contributed by atoms with Gasteiger partial charge in [-0.15, -0.1) is 11.8 Å². The summed E-state index contributed by atoms with van der Waals surface area (Å²) in [7, 11) is 0. The van der Waals surface area contributed by atoms with E-state index < -0.39 is 0 Å². The fourth-order valence-corrected chi connectivity index (χ4v) is 2.10. The second kappa shape index (κ2) is 5.14. The Bertz CT molecular complexity index is 457. The summed E-state index contributed by atoms with van der Waals surface area (Å²) in [4.78, 5) is 12.8. The van der Waals surface area contributed by atoms with Gasteiger partial charge in [-0.1, -0.05) is 18.2 Å². The first-order valence-electron chi connectivity index (χ1n) is 4.58. The van der Waals surface area contributed by atoms with Crippen LogP contribution in [0.25, 0.3) is 0 Å². The van der Waals surface area contributed by atoms with Crippen LogP contribution in [0.4, 0.5) is 5.95 Å². The van der Waals surface area contributed by atoms with Crippen molar-refractivity contribution < 1.29 is 0 Å². The fraction of sp³-hybridized carbons (Fsp3) is 0.100. The standard InChI is InChI=1S/C10H9ClN4S/c11-9-13-8(14-10(12)15-9)6-16-7-4-2-1-3-5-7/h1-5H,6H2,(H2,12,13,14,15). The van der Waals surface area contributed by atoms with Crippen molar-refractivity contribution in [1.82, 2.24) is 15.0 Å². The van der Waals surface area contributed by atoms with Gasteiger partial charge in [0.1, 0.15) is 5.82 Å². The maximum absolute atomic E-state index is 5.68. The molecule has 0 aliphatic carbocycles. The number of aromatic nitrogens is 3. The van der Waals surface area contributed by atoms with Gasteiger partial charge in [0.05, 0.1) is 5.75 Å². The lowest BCUT2D eigenvalue weighted by Gasteiger charge is -2.01. The monoisotopic (exact) mass is 252 g/mol. The second-order valence-corrected chi connectivity index (χ2v) is 4.37. The Kier molecular flexibility index (Phi) is 3.58. The number of benzene rings is 1. The van der Waals surface area contributed by atoms with E-state index in [4.69, 9.17) is 17.3 Å². The molecule has 1 heterocycles. The molecule has 1 aromatic carbocycles. The predicted molar refractivity (Wildman–Crippen MR) is 65.3 cm³/mol. The average molecular weight is 253 g/mol. The van der Waals surface area contributed by atoms with E-state index >= 15 is 0 Å². The van der Waals surface area contributed by atoms with Crippen LogP contribution in [0.5, 0.6) is 0 Å². The molecule has 2 aromatic rings. The number of thioether (sulfide) groups is 1. The Morgan fingerprint density at radius 1 is 1.12 bits per heavy atom. The van der Waals surface area contributed by atoms with Gasteiger partial charge >= 0.3 is 0 Å². The summed E-state index contributed by atoms with van der Waals surface area (Å²) in [5, 5.41) is 0.135. The molecule has 16 heavy (non-hydrogen) atoms. The van der Waals surface area contributed by atoms with Crippen molar-refractivity contribution in [2.45, 2.75) is 10.6 Å². The van der Waals surface area contributed by atoms with Crippen molar-refractivity contribution in [2.24, 2.45) is 0 Å². The van der Waals surface area contributed by atoms with Crippen LogP contribution >= 0.6 is 23.4 Å². The van der Waals surface area contributed by atoms with Crippen LogP contribution < -0.4 is 5.73 Å². The van der Waals surface area contributed by atoms with Gasteiger partial charge in [0.25, 0.3) is 0 Å². The van der Waals surface area contributed by atoms with Crippen LogP contribution in [-0.2, 0) is 5.75 Å². The van der Waals surface area contributed by atoms with Crippen molar-refractivity contribution >= 4 is 29.3 Å². The summed E-state index contributed by atoms with van der Waals surface area (Å²) in [5.74, 6) is 1.37. The highest BCUT2D eigenvalue weighted by atomic mass is 35.5. The lowest BCUT2D eigenvalue weighted by Crippen LogP contribution is -2.01. The highest BCUT2D eigenvalue weighted by Gasteiger charge is 2.03. The van der Waals surface area contributed by atoms with Crippen molar-refractivity contribution in [3.05, 3.63) is 41.4 Å². The van der Waals surface area contributed by atoms with E-state index in [0.29, 0.717) is 11.6 Å². The third-order valence-electron chi connectivity index (χ3n) is 1.78. The molecular formula is C10H9ClN4S. The normalized spacial score (nSPS) is 10.3. The van der Waals surface area contributed by atoms with Gasteiger partial charge in [-0.05, 0) is 23.7 Å². The van der Waals surface area contributed by atoms with Crippen molar-refractivity contribution in [3.63, 3.8) is 0 Å².